The molecular formula is C25H37N5O5. The number of nitrogens with one attached hydrogen (secondary N) is 4. The van der Waals surface area contributed by atoms with Gasteiger partial charge in [-0.05, 0) is 36.8 Å². The lowest BCUT2D eigenvalue weighted by Gasteiger charge is -2.25. The van der Waals surface area contributed by atoms with E-state index in [0.29, 0.717) is 6.42 Å². The Morgan fingerprint density at radius 2 is 1.54 bits per heavy atom. The zero-order chi connectivity index (χ0) is 26.3. The Labute approximate surface area is 205 Å². The Hall–Kier alpha value is -3.40. The molecule has 4 atom stereocenters. The number of carbonyl (C=O) groups is 4. The average molecular weight is 488 g/mol. The maximum Gasteiger partial charge on any atom is 0.326 e. The lowest BCUT2D eigenvalue weighted by molar-refractivity contribution is -0.142. The number of rotatable bonds is 12. The molecule has 7 N–H and O–H groups in total. The van der Waals surface area contributed by atoms with Crippen molar-refractivity contribution in [2.75, 3.05) is 0 Å². The molecule has 1 heterocycles. The van der Waals surface area contributed by atoms with Crippen LogP contribution < -0.4 is 21.7 Å². The lowest BCUT2D eigenvalue weighted by Crippen LogP contribution is -2.57. The summed E-state index contributed by atoms with van der Waals surface area (Å²) in [5.74, 6) is -2.81. The van der Waals surface area contributed by atoms with Crippen molar-refractivity contribution in [3.8, 4) is 0 Å². The number of hydrogen-bond acceptors (Lipinski definition) is 5. The first-order valence-electron chi connectivity index (χ1n) is 11.8. The third-order valence-electron chi connectivity index (χ3n) is 5.83. The summed E-state index contributed by atoms with van der Waals surface area (Å²) in [5.41, 5.74) is 7.52. The number of aromatic amines is 1. The van der Waals surface area contributed by atoms with E-state index in [0.717, 1.165) is 16.5 Å². The summed E-state index contributed by atoms with van der Waals surface area (Å²) in [6, 6.07) is 3.64. The summed E-state index contributed by atoms with van der Waals surface area (Å²) in [6.07, 6.45) is 2.15. The number of fused-ring (bicyclic) bond motifs is 1. The smallest absolute Gasteiger partial charge is 0.326 e. The Kier molecular flexibility index (Phi) is 9.82. The van der Waals surface area contributed by atoms with Crippen LogP contribution in [0.4, 0.5) is 0 Å². The molecule has 1 aromatic carbocycles. The lowest BCUT2D eigenvalue weighted by atomic mass is 10.00. The maximum atomic E-state index is 12.9. The van der Waals surface area contributed by atoms with E-state index >= 15 is 0 Å². The molecule has 3 amide bonds. The Balaban J connectivity index is 2.04. The van der Waals surface area contributed by atoms with Crippen molar-refractivity contribution < 1.29 is 24.3 Å². The van der Waals surface area contributed by atoms with Crippen LogP contribution in [0.5, 0.6) is 0 Å². The number of carboxylic acids is 1. The number of nitrogens with two attached hydrogens (primary N) is 1. The zero-order valence-electron chi connectivity index (χ0n) is 20.9. The van der Waals surface area contributed by atoms with Gasteiger partial charge in [0.15, 0.2) is 0 Å². The quantitative estimate of drug-likeness (QED) is 0.264. The molecule has 2 rings (SSSR count). The van der Waals surface area contributed by atoms with Gasteiger partial charge in [-0.3, -0.25) is 14.4 Å². The summed E-state index contributed by atoms with van der Waals surface area (Å²) in [4.78, 5) is 53.0. The standard InChI is InChI=1S/C25H37N5O5/c1-13(2)10-19(29-24(33)21(26)14(3)4)23(32)28-15(5)22(31)30-20(25(34)35)11-16-12-27-18-9-7-6-8-17(16)18/h6-9,12-15,19-21,27H,10-11,26H2,1-5H3,(H,28,32)(H,29,33)(H,30,31)(H,34,35). The Morgan fingerprint density at radius 3 is 2.14 bits per heavy atom. The summed E-state index contributed by atoms with van der Waals surface area (Å²) < 4.78 is 0. The molecule has 4 unspecified atom stereocenters. The van der Waals surface area contributed by atoms with Gasteiger partial charge >= 0.3 is 5.97 Å². The van der Waals surface area contributed by atoms with Gasteiger partial charge in [0.05, 0.1) is 6.04 Å². The van der Waals surface area contributed by atoms with Gasteiger partial charge in [-0.1, -0.05) is 45.9 Å². The Bertz CT molecular complexity index is 1050. The maximum absolute atomic E-state index is 12.9. The highest BCUT2D eigenvalue weighted by molar-refractivity contribution is 5.94. The second-order valence-corrected chi connectivity index (χ2v) is 9.65. The van der Waals surface area contributed by atoms with Crippen molar-refractivity contribution in [2.45, 2.75) is 71.6 Å². The number of aliphatic carboxylic acids is 1. The molecular weight excluding hydrogens is 450 g/mol. The molecule has 0 spiro atoms. The van der Waals surface area contributed by atoms with Gasteiger partial charge < -0.3 is 31.8 Å². The first-order valence-corrected chi connectivity index (χ1v) is 11.8. The summed E-state index contributed by atoms with van der Waals surface area (Å²) in [6.45, 7) is 8.90. The number of carboxylic acid groups (broad SMARTS) is 1. The molecule has 192 valence electrons. The van der Waals surface area contributed by atoms with Crippen LogP contribution in [-0.4, -0.2) is 57.9 Å². The molecule has 0 fully saturated rings. The molecule has 0 aliphatic carbocycles. The fourth-order valence-electron chi connectivity index (χ4n) is 3.67. The average Bonchev–Trinajstić information content (AvgIpc) is 3.19. The molecule has 35 heavy (non-hydrogen) atoms. The third kappa shape index (κ3) is 7.81. The van der Waals surface area contributed by atoms with E-state index < -0.39 is 47.9 Å². The van der Waals surface area contributed by atoms with Crippen molar-refractivity contribution >= 4 is 34.6 Å². The Morgan fingerprint density at radius 1 is 0.914 bits per heavy atom. The molecule has 10 nitrogen and oxygen atoms in total. The molecule has 0 saturated carbocycles. The molecule has 2 aromatic rings. The number of amides is 3. The van der Waals surface area contributed by atoms with Gasteiger partial charge in [0.25, 0.3) is 0 Å². The highest BCUT2D eigenvalue weighted by Crippen LogP contribution is 2.19. The fourth-order valence-corrected chi connectivity index (χ4v) is 3.67. The van der Waals surface area contributed by atoms with Crippen molar-refractivity contribution in [3.63, 3.8) is 0 Å². The molecule has 0 radical (unpaired) electrons. The number of H-pyrrole nitrogens is 1. The molecule has 0 aliphatic rings. The van der Waals surface area contributed by atoms with E-state index in [1.807, 2.05) is 52.0 Å². The van der Waals surface area contributed by atoms with E-state index in [1.54, 1.807) is 6.20 Å². The zero-order valence-corrected chi connectivity index (χ0v) is 20.9. The third-order valence-corrected chi connectivity index (χ3v) is 5.83. The van der Waals surface area contributed by atoms with E-state index in [1.165, 1.54) is 6.92 Å². The minimum absolute atomic E-state index is 0.0743. The number of carbonyl (C=O) groups excluding carboxylic acids is 3. The molecule has 0 bridgehead atoms. The van der Waals surface area contributed by atoms with Crippen LogP contribution in [0, 0.1) is 11.8 Å². The van der Waals surface area contributed by atoms with Gasteiger partial charge in [0.2, 0.25) is 17.7 Å². The highest BCUT2D eigenvalue weighted by Gasteiger charge is 2.29. The van der Waals surface area contributed by atoms with Gasteiger partial charge in [0, 0.05) is 23.5 Å². The van der Waals surface area contributed by atoms with Crippen LogP contribution in [0.15, 0.2) is 30.5 Å². The van der Waals surface area contributed by atoms with Crippen LogP contribution in [0.25, 0.3) is 10.9 Å². The number of para-hydroxylation sites is 1. The largest absolute Gasteiger partial charge is 0.480 e. The van der Waals surface area contributed by atoms with Crippen molar-refractivity contribution in [3.05, 3.63) is 36.0 Å². The number of hydrogen-bond donors (Lipinski definition) is 6. The monoisotopic (exact) mass is 487 g/mol. The first-order chi connectivity index (χ1) is 16.4. The second-order valence-electron chi connectivity index (χ2n) is 9.65. The minimum Gasteiger partial charge on any atom is -0.480 e. The predicted molar refractivity (Wildman–Crippen MR) is 133 cm³/mol. The SMILES string of the molecule is CC(C)CC(NC(=O)C(N)C(C)C)C(=O)NC(C)C(=O)NC(Cc1c[nH]c2ccccc12)C(=O)O. The van der Waals surface area contributed by atoms with Crippen LogP contribution in [-0.2, 0) is 25.6 Å². The van der Waals surface area contributed by atoms with E-state index in [2.05, 4.69) is 20.9 Å². The molecule has 0 aliphatic heterocycles. The van der Waals surface area contributed by atoms with E-state index in [4.69, 9.17) is 5.73 Å². The van der Waals surface area contributed by atoms with Gasteiger partial charge in [-0.25, -0.2) is 4.79 Å². The van der Waals surface area contributed by atoms with Crippen LogP contribution >= 0.6 is 0 Å². The fraction of sp³-hybridized carbons (Fsp3) is 0.520. The molecule has 10 heteroatoms. The summed E-state index contributed by atoms with van der Waals surface area (Å²) in [5, 5.41) is 18.3. The van der Waals surface area contributed by atoms with Crippen LogP contribution in [0.1, 0.15) is 46.6 Å². The van der Waals surface area contributed by atoms with Crippen LogP contribution in [0.3, 0.4) is 0 Å². The second kappa shape index (κ2) is 12.3. The normalized spacial score (nSPS) is 14.9. The molecule has 0 saturated heterocycles. The first kappa shape index (κ1) is 27.8. The van der Waals surface area contributed by atoms with E-state index in [9.17, 15) is 24.3 Å². The van der Waals surface area contributed by atoms with Crippen molar-refractivity contribution in [1.29, 1.82) is 0 Å². The summed E-state index contributed by atoms with van der Waals surface area (Å²) in [7, 11) is 0. The number of aromatic nitrogens is 1. The topological polar surface area (TPSA) is 166 Å². The van der Waals surface area contributed by atoms with Gasteiger partial charge in [0.1, 0.15) is 18.1 Å². The molecule has 1 aromatic heterocycles. The minimum atomic E-state index is -1.19. The van der Waals surface area contributed by atoms with Gasteiger partial charge in [-0.2, -0.15) is 0 Å². The highest BCUT2D eigenvalue weighted by atomic mass is 16.4. The summed E-state index contributed by atoms with van der Waals surface area (Å²) >= 11 is 0. The van der Waals surface area contributed by atoms with E-state index in [-0.39, 0.29) is 18.3 Å². The van der Waals surface area contributed by atoms with Crippen molar-refractivity contribution in [1.82, 2.24) is 20.9 Å². The predicted octanol–water partition coefficient (Wildman–Crippen LogP) is 1.30. The van der Waals surface area contributed by atoms with Crippen molar-refractivity contribution in [2.24, 2.45) is 17.6 Å². The number of benzene rings is 1. The van der Waals surface area contributed by atoms with Crippen LogP contribution in [0.2, 0.25) is 0 Å². The van der Waals surface area contributed by atoms with Gasteiger partial charge in [-0.15, -0.1) is 0 Å².